The molecule has 0 spiro atoms. The number of aryl methyl sites for hydroxylation is 1. The van der Waals surface area contributed by atoms with Crippen molar-refractivity contribution < 1.29 is 9.53 Å². The topological polar surface area (TPSA) is 59.2 Å². The Bertz CT molecular complexity index is 742. The van der Waals surface area contributed by atoms with Gasteiger partial charge in [-0.25, -0.2) is 4.79 Å². The number of ether oxygens (including phenoxy) is 1. The first-order chi connectivity index (χ1) is 9.15. The molecule has 0 atom stereocenters. The molecule has 0 amide bonds. The molecule has 1 aliphatic rings. The number of pyridine rings is 1. The largest absolute Gasteiger partial charge is 0.422 e. The maximum atomic E-state index is 11.8. The summed E-state index contributed by atoms with van der Waals surface area (Å²) in [5.74, 6) is -0.182. The number of carbonyl (C=O) groups is 1. The summed E-state index contributed by atoms with van der Waals surface area (Å²) in [7, 11) is 0. The van der Waals surface area contributed by atoms with E-state index in [4.69, 9.17) is 4.74 Å². The molecule has 0 fully saturated rings. The van der Waals surface area contributed by atoms with Gasteiger partial charge in [-0.1, -0.05) is 30.3 Å². The summed E-state index contributed by atoms with van der Waals surface area (Å²) >= 11 is 0. The Kier molecular flexibility index (Phi) is 2.56. The molecule has 19 heavy (non-hydrogen) atoms. The molecule has 2 heterocycles. The highest BCUT2D eigenvalue weighted by Crippen LogP contribution is 2.29. The van der Waals surface area contributed by atoms with Gasteiger partial charge in [0.25, 0.3) is 5.56 Å². The molecular weight excluding hydrogens is 242 g/mol. The Morgan fingerprint density at radius 3 is 2.63 bits per heavy atom. The fraction of sp³-hybridized carbons (Fsp3) is 0.0667. The molecular formula is C15H11NO3. The minimum absolute atomic E-state index is 0.0766. The van der Waals surface area contributed by atoms with Crippen LogP contribution < -0.4 is 5.56 Å². The Morgan fingerprint density at radius 1 is 1.16 bits per heavy atom. The van der Waals surface area contributed by atoms with Gasteiger partial charge in [0, 0.05) is 11.3 Å². The van der Waals surface area contributed by atoms with E-state index in [1.807, 2.05) is 30.3 Å². The van der Waals surface area contributed by atoms with Crippen molar-refractivity contribution in [1.82, 2.24) is 4.98 Å². The molecule has 1 N–H and O–H groups in total. The van der Waals surface area contributed by atoms with Gasteiger partial charge in [0.05, 0.1) is 0 Å². The van der Waals surface area contributed by atoms with Crippen LogP contribution in [0, 0.1) is 6.92 Å². The highest BCUT2D eigenvalue weighted by atomic mass is 16.5. The lowest BCUT2D eigenvalue weighted by Crippen LogP contribution is -2.16. The van der Waals surface area contributed by atoms with Crippen molar-refractivity contribution in [2.24, 2.45) is 0 Å². The number of hydrogen-bond acceptors (Lipinski definition) is 3. The molecule has 1 aromatic carbocycles. The third-order valence-electron chi connectivity index (χ3n) is 2.94. The van der Waals surface area contributed by atoms with Crippen LogP contribution in [-0.4, -0.2) is 11.0 Å². The van der Waals surface area contributed by atoms with Crippen LogP contribution in [0.2, 0.25) is 0 Å². The molecule has 0 radical (unpaired) electrons. The van der Waals surface area contributed by atoms with Gasteiger partial charge in [-0.15, -0.1) is 0 Å². The van der Waals surface area contributed by atoms with Crippen molar-refractivity contribution in [3.63, 3.8) is 0 Å². The highest BCUT2D eigenvalue weighted by molar-refractivity contribution is 6.05. The van der Waals surface area contributed by atoms with Crippen LogP contribution >= 0.6 is 0 Å². The number of carbonyl (C=O) groups excluding carboxylic acids is 1. The van der Waals surface area contributed by atoms with Crippen molar-refractivity contribution in [2.45, 2.75) is 6.92 Å². The van der Waals surface area contributed by atoms with Gasteiger partial charge in [0.15, 0.2) is 0 Å². The summed E-state index contributed by atoms with van der Waals surface area (Å²) in [6.07, 6.45) is 1.75. The summed E-state index contributed by atoms with van der Waals surface area (Å²) in [5, 5.41) is 0. The van der Waals surface area contributed by atoms with Gasteiger partial charge in [0.2, 0.25) is 0 Å². The zero-order valence-corrected chi connectivity index (χ0v) is 10.3. The van der Waals surface area contributed by atoms with Crippen molar-refractivity contribution >= 4 is 17.8 Å². The molecule has 4 heteroatoms. The fourth-order valence-corrected chi connectivity index (χ4v) is 2.10. The lowest BCUT2D eigenvalue weighted by atomic mass is 10.1. The van der Waals surface area contributed by atoms with Gasteiger partial charge >= 0.3 is 5.97 Å². The molecule has 0 bridgehead atoms. The van der Waals surface area contributed by atoms with Gasteiger partial charge in [0.1, 0.15) is 11.3 Å². The van der Waals surface area contributed by atoms with Crippen LogP contribution in [0.5, 0.6) is 0 Å². The molecule has 0 saturated heterocycles. The normalized spacial score (nSPS) is 15.4. The summed E-state index contributed by atoms with van der Waals surface area (Å²) in [4.78, 5) is 26.1. The first kappa shape index (κ1) is 11.5. The predicted molar refractivity (Wildman–Crippen MR) is 71.5 cm³/mol. The second-order valence-corrected chi connectivity index (χ2v) is 4.38. The van der Waals surface area contributed by atoms with Crippen molar-refractivity contribution in [2.75, 3.05) is 0 Å². The standard InChI is InChI=1S/C15H11NO3/c1-9-7-11-12(8-10-5-3-2-4-6-10)19-15(18)13(11)14(17)16-9/h2-8H,1H3,(H,16,17)/b12-8-. The smallest absolute Gasteiger partial charge is 0.349 e. The zero-order valence-electron chi connectivity index (χ0n) is 10.3. The number of hydrogen-bond donors (Lipinski definition) is 1. The van der Waals surface area contributed by atoms with Crippen LogP contribution in [0.1, 0.15) is 27.2 Å². The second-order valence-electron chi connectivity index (χ2n) is 4.38. The maximum absolute atomic E-state index is 11.8. The molecule has 0 aliphatic carbocycles. The average Bonchev–Trinajstić information content (AvgIpc) is 2.67. The van der Waals surface area contributed by atoms with Gasteiger partial charge in [-0.3, -0.25) is 4.79 Å². The number of H-pyrrole nitrogens is 1. The van der Waals surface area contributed by atoms with Crippen molar-refractivity contribution in [3.05, 3.63) is 69.1 Å². The second kappa shape index (κ2) is 4.24. The average molecular weight is 253 g/mol. The van der Waals surface area contributed by atoms with E-state index in [2.05, 4.69) is 4.98 Å². The minimum atomic E-state index is -0.599. The monoisotopic (exact) mass is 253 g/mol. The number of cyclic esters (lactones) is 1. The summed E-state index contributed by atoms with van der Waals surface area (Å²) in [6.45, 7) is 1.77. The van der Waals surface area contributed by atoms with Gasteiger partial charge in [-0.2, -0.15) is 0 Å². The van der Waals surface area contributed by atoms with Crippen LogP contribution in [0.3, 0.4) is 0 Å². The Balaban J connectivity index is 2.18. The van der Waals surface area contributed by atoms with Crippen LogP contribution in [0.4, 0.5) is 0 Å². The molecule has 94 valence electrons. The predicted octanol–water partition coefficient (Wildman–Crippen LogP) is 2.35. The molecule has 1 aliphatic heterocycles. The SMILES string of the molecule is Cc1cc2c(c(=O)[nH]1)C(=O)O/C2=C\c1ccccc1. The van der Waals surface area contributed by atoms with E-state index in [1.165, 1.54) is 0 Å². The quantitative estimate of drug-likeness (QED) is 0.793. The van der Waals surface area contributed by atoms with Crippen LogP contribution in [0.25, 0.3) is 11.8 Å². The van der Waals surface area contributed by atoms with E-state index >= 15 is 0 Å². The third-order valence-corrected chi connectivity index (χ3v) is 2.94. The highest BCUT2D eigenvalue weighted by Gasteiger charge is 2.29. The summed E-state index contributed by atoms with van der Waals surface area (Å²) in [5.41, 5.74) is 1.83. The number of esters is 1. The Labute approximate surface area is 109 Å². The van der Waals surface area contributed by atoms with E-state index < -0.39 is 11.5 Å². The number of benzene rings is 1. The van der Waals surface area contributed by atoms with E-state index in [0.29, 0.717) is 17.0 Å². The molecule has 0 unspecified atom stereocenters. The first-order valence-electron chi connectivity index (χ1n) is 5.88. The third kappa shape index (κ3) is 1.97. The Morgan fingerprint density at radius 2 is 1.89 bits per heavy atom. The molecule has 2 aromatic rings. The van der Waals surface area contributed by atoms with Gasteiger partial charge < -0.3 is 9.72 Å². The molecule has 0 saturated carbocycles. The first-order valence-corrected chi connectivity index (χ1v) is 5.88. The lowest BCUT2D eigenvalue weighted by molar-refractivity contribution is 0.0715. The fourth-order valence-electron chi connectivity index (χ4n) is 2.10. The van der Waals surface area contributed by atoms with E-state index in [9.17, 15) is 9.59 Å². The number of aromatic amines is 1. The van der Waals surface area contributed by atoms with E-state index in [-0.39, 0.29) is 5.56 Å². The summed E-state index contributed by atoms with van der Waals surface area (Å²) < 4.78 is 5.17. The maximum Gasteiger partial charge on any atom is 0.349 e. The zero-order chi connectivity index (χ0) is 13.4. The minimum Gasteiger partial charge on any atom is -0.422 e. The lowest BCUT2D eigenvalue weighted by Gasteiger charge is -2.00. The number of aromatic nitrogens is 1. The van der Waals surface area contributed by atoms with E-state index in [1.54, 1.807) is 19.1 Å². The van der Waals surface area contributed by atoms with E-state index in [0.717, 1.165) is 5.56 Å². The molecule has 4 nitrogen and oxygen atoms in total. The van der Waals surface area contributed by atoms with Gasteiger partial charge in [-0.05, 0) is 24.6 Å². The number of rotatable bonds is 1. The Hall–Kier alpha value is -2.62. The number of nitrogens with one attached hydrogen (secondary N) is 1. The number of fused-ring (bicyclic) bond motifs is 1. The summed E-state index contributed by atoms with van der Waals surface area (Å²) in [6, 6.07) is 11.2. The van der Waals surface area contributed by atoms with Crippen molar-refractivity contribution in [1.29, 1.82) is 0 Å². The molecule has 1 aromatic heterocycles. The van der Waals surface area contributed by atoms with Crippen LogP contribution in [0.15, 0.2) is 41.2 Å². The van der Waals surface area contributed by atoms with Crippen molar-refractivity contribution in [3.8, 4) is 0 Å². The van der Waals surface area contributed by atoms with Crippen LogP contribution in [-0.2, 0) is 4.74 Å². The molecule has 3 rings (SSSR count).